The SMILES string of the molecule is CC/C=C\C/C=C\C/C=C\C/C=C\C/C=C\C/C=C\CCCCCCC(=O)NC(COP(=O)(O)OCC[N+](C)(C)C)C(/C=C/CCCCCCCCCCCCC)OC(=O)CCCCCCCCCCCC/C=C\C/C=C\C/C=C\CCCCC. The van der Waals surface area contributed by atoms with E-state index in [1.807, 2.05) is 33.3 Å². The van der Waals surface area contributed by atoms with E-state index in [1.54, 1.807) is 0 Å². The first-order valence-corrected chi connectivity index (χ1v) is 36.4. The van der Waals surface area contributed by atoms with Gasteiger partial charge in [0, 0.05) is 12.8 Å². The van der Waals surface area contributed by atoms with Gasteiger partial charge in [-0.15, -0.1) is 0 Å². The summed E-state index contributed by atoms with van der Waals surface area (Å²) < 4.78 is 30.8. The van der Waals surface area contributed by atoms with Crippen LogP contribution >= 0.6 is 7.82 Å². The molecule has 488 valence electrons. The van der Waals surface area contributed by atoms with Gasteiger partial charge in [0.15, 0.2) is 0 Å². The number of carbonyl (C=O) groups excluding carboxylic acids is 2. The maximum Gasteiger partial charge on any atom is 0.472 e. The molecule has 0 aromatic rings. The fourth-order valence-electron chi connectivity index (χ4n) is 9.54. The Labute approximate surface area is 524 Å². The molecule has 0 heterocycles. The number of phosphoric acid groups is 1. The predicted octanol–water partition coefficient (Wildman–Crippen LogP) is 22.2. The molecular formula is C75H132N2O7P+. The maximum atomic E-state index is 13.6. The zero-order chi connectivity index (χ0) is 62.1. The van der Waals surface area contributed by atoms with Crippen LogP contribution in [0.5, 0.6) is 0 Å². The topological polar surface area (TPSA) is 111 Å². The van der Waals surface area contributed by atoms with Crippen LogP contribution < -0.4 is 5.32 Å². The Kier molecular flexibility index (Phi) is 60.8. The van der Waals surface area contributed by atoms with Crippen LogP contribution in [-0.2, 0) is 27.9 Å². The van der Waals surface area contributed by atoms with Gasteiger partial charge in [0.05, 0.1) is 33.8 Å². The molecule has 0 fully saturated rings. The Morgan fingerprint density at radius 3 is 1.15 bits per heavy atom. The molecule has 2 N–H and O–H groups in total. The zero-order valence-corrected chi connectivity index (χ0v) is 56.7. The van der Waals surface area contributed by atoms with E-state index in [9.17, 15) is 19.0 Å². The number of hydrogen-bond donors (Lipinski definition) is 2. The number of hydrogen-bond acceptors (Lipinski definition) is 6. The van der Waals surface area contributed by atoms with Gasteiger partial charge in [-0.25, -0.2) is 4.57 Å². The highest BCUT2D eigenvalue weighted by Crippen LogP contribution is 2.43. The summed E-state index contributed by atoms with van der Waals surface area (Å²) >= 11 is 0. The molecule has 1 amide bonds. The van der Waals surface area contributed by atoms with Crippen molar-refractivity contribution in [1.82, 2.24) is 5.32 Å². The molecule has 0 aliphatic rings. The van der Waals surface area contributed by atoms with Gasteiger partial charge < -0.3 is 19.4 Å². The molecule has 0 aliphatic heterocycles. The minimum absolute atomic E-state index is 0.0282. The minimum Gasteiger partial charge on any atom is -0.456 e. The Bertz CT molecular complexity index is 1870. The third kappa shape index (κ3) is 64.7. The Hall–Kier alpha value is -3.59. The van der Waals surface area contributed by atoms with Crippen molar-refractivity contribution in [2.45, 2.75) is 303 Å². The van der Waals surface area contributed by atoms with Gasteiger partial charge in [-0.05, 0) is 122 Å². The second-order valence-electron chi connectivity index (χ2n) is 24.3. The summed E-state index contributed by atoms with van der Waals surface area (Å²) in [7, 11) is 1.46. The van der Waals surface area contributed by atoms with Gasteiger partial charge in [0.25, 0.3) is 0 Å². The van der Waals surface area contributed by atoms with E-state index in [0.29, 0.717) is 23.9 Å². The number of carbonyl (C=O) groups is 2. The van der Waals surface area contributed by atoms with E-state index < -0.39 is 20.0 Å². The number of likely N-dealkylation sites (N-methyl/N-ethyl adjacent to an activating group) is 1. The van der Waals surface area contributed by atoms with Crippen molar-refractivity contribution in [2.24, 2.45) is 0 Å². The summed E-state index contributed by atoms with van der Waals surface area (Å²) in [4.78, 5) is 37.9. The van der Waals surface area contributed by atoms with E-state index in [4.69, 9.17) is 13.8 Å². The molecule has 0 bridgehead atoms. The number of amides is 1. The predicted molar refractivity (Wildman–Crippen MR) is 369 cm³/mol. The monoisotopic (exact) mass is 1200 g/mol. The summed E-state index contributed by atoms with van der Waals surface area (Å²) in [5, 5.41) is 3.05. The Balaban J connectivity index is 5.22. The van der Waals surface area contributed by atoms with Gasteiger partial charge in [0.2, 0.25) is 5.91 Å². The van der Waals surface area contributed by atoms with Crippen molar-refractivity contribution in [1.29, 1.82) is 0 Å². The van der Waals surface area contributed by atoms with Crippen LogP contribution in [0.3, 0.4) is 0 Å². The number of ether oxygens (including phenoxy) is 1. The quantitative estimate of drug-likeness (QED) is 0.0205. The van der Waals surface area contributed by atoms with Gasteiger partial charge >= 0.3 is 13.8 Å². The first-order valence-electron chi connectivity index (χ1n) is 34.9. The number of phosphoric ester groups is 1. The van der Waals surface area contributed by atoms with Crippen molar-refractivity contribution in [3.63, 3.8) is 0 Å². The van der Waals surface area contributed by atoms with E-state index in [2.05, 4.69) is 135 Å². The standard InChI is InChI=1S/C75H131N2O7P/c1-7-10-13-16-19-22-25-28-30-32-34-36-38-40-42-44-46-49-52-55-58-61-64-67-74(78)76-72(71-83-85(80,81)82-70-69-77(4,5)6)73(66-63-60-57-54-51-48-27-24-21-18-15-12-9-3)84-75(79)68-65-62-59-56-53-50-47-45-43-41-39-37-35-33-31-29-26-23-20-17-14-11-8-2/h10,13,19-20,22-23,28-31,34-37,40,42,46,49,63,66,72-73H,7-9,11-12,14-18,21,24-27,32-33,38-39,41,43-45,47-48,50-62,64-65,67-71H2,1-6H3,(H-,76,78,80,81)/p+1/b13-10-,22-19-,23-20-,30-28-,31-29-,36-34-,37-35-,42-40-,49-46-,66-63+. The van der Waals surface area contributed by atoms with Crippen molar-refractivity contribution in [3.8, 4) is 0 Å². The van der Waals surface area contributed by atoms with Gasteiger partial charge in [-0.3, -0.25) is 18.6 Å². The largest absolute Gasteiger partial charge is 0.472 e. The summed E-state index contributed by atoms with van der Waals surface area (Å²) in [6.45, 7) is 6.86. The summed E-state index contributed by atoms with van der Waals surface area (Å²) in [5.41, 5.74) is 0. The van der Waals surface area contributed by atoms with Crippen LogP contribution in [0.15, 0.2) is 122 Å². The molecule has 0 rings (SSSR count). The highest BCUT2D eigenvalue weighted by atomic mass is 31.2. The van der Waals surface area contributed by atoms with Crippen LogP contribution in [0.25, 0.3) is 0 Å². The van der Waals surface area contributed by atoms with Crippen LogP contribution in [0.2, 0.25) is 0 Å². The molecule has 9 nitrogen and oxygen atoms in total. The number of esters is 1. The lowest BCUT2D eigenvalue weighted by molar-refractivity contribution is -0.870. The number of rotatable bonds is 62. The van der Waals surface area contributed by atoms with E-state index in [1.165, 1.54) is 122 Å². The lowest BCUT2D eigenvalue weighted by Crippen LogP contribution is -2.47. The molecule has 0 saturated heterocycles. The van der Waals surface area contributed by atoms with Crippen LogP contribution in [0.1, 0.15) is 290 Å². The molecule has 0 radical (unpaired) electrons. The molecule has 85 heavy (non-hydrogen) atoms. The summed E-state index contributed by atoms with van der Waals surface area (Å²) in [6, 6.07) is -0.873. The van der Waals surface area contributed by atoms with E-state index >= 15 is 0 Å². The van der Waals surface area contributed by atoms with Crippen LogP contribution in [0.4, 0.5) is 0 Å². The highest BCUT2D eigenvalue weighted by Gasteiger charge is 2.30. The van der Waals surface area contributed by atoms with Crippen molar-refractivity contribution in [2.75, 3.05) is 40.9 Å². The van der Waals surface area contributed by atoms with E-state index in [0.717, 1.165) is 128 Å². The molecule has 3 unspecified atom stereocenters. The average Bonchev–Trinajstić information content (AvgIpc) is 3.52. The Morgan fingerprint density at radius 2 is 0.753 bits per heavy atom. The van der Waals surface area contributed by atoms with Gasteiger partial charge in [0.1, 0.15) is 19.3 Å². The van der Waals surface area contributed by atoms with Crippen molar-refractivity contribution >= 4 is 19.7 Å². The average molecular weight is 1200 g/mol. The zero-order valence-electron chi connectivity index (χ0n) is 55.8. The van der Waals surface area contributed by atoms with Crippen molar-refractivity contribution < 1.29 is 37.3 Å². The number of allylic oxidation sites excluding steroid dienone is 19. The molecule has 0 aromatic carbocycles. The summed E-state index contributed by atoms with van der Waals surface area (Å²) in [6.07, 6.45) is 89.1. The molecule has 10 heteroatoms. The third-order valence-corrected chi connectivity index (χ3v) is 15.9. The number of nitrogens with zero attached hydrogens (tertiary/aromatic N) is 1. The number of unbranched alkanes of at least 4 members (excludes halogenated alkanes) is 28. The second-order valence-corrected chi connectivity index (χ2v) is 25.8. The first-order chi connectivity index (χ1) is 41.4. The van der Waals surface area contributed by atoms with Crippen LogP contribution in [0, 0.1) is 0 Å². The summed E-state index contributed by atoms with van der Waals surface area (Å²) in [5.74, 6) is -0.540. The fourth-order valence-corrected chi connectivity index (χ4v) is 10.3. The lowest BCUT2D eigenvalue weighted by atomic mass is 10.0. The molecule has 3 atom stereocenters. The molecule has 0 saturated carbocycles. The smallest absolute Gasteiger partial charge is 0.456 e. The molecule has 0 aromatic heterocycles. The molecule has 0 aliphatic carbocycles. The second kappa shape index (κ2) is 63.4. The van der Waals surface area contributed by atoms with E-state index in [-0.39, 0.29) is 31.5 Å². The molecular weight excluding hydrogens is 1070 g/mol. The Morgan fingerprint density at radius 1 is 0.424 bits per heavy atom. The first kappa shape index (κ1) is 81.4. The van der Waals surface area contributed by atoms with Crippen molar-refractivity contribution in [3.05, 3.63) is 122 Å². The van der Waals surface area contributed by atoms with Gasteiger partial charge in [-0.2, -0.15) is 0 Å². The fraction of sp³-hybridized carbons (Fsp3) is 0.707. The normalized spacial score (nSPS) is 14.3. The molecule has 0 spiro atoms. The third-order valence-electron chi connectivity index (χ3n) is 14.9. The van der Waals surface area contributed by atoms with Gasteiger partial charge in [-0.1, -0.05) is 277 Å². The highest BCUT2D eigenvalue weighted by molar-refractivity contribution is 7.47. The maximum absolute atomic E-state index is 13.6. The number of quaternary nitrogens is 1. The minimum atomic E-state index is -4.47. The number of nitrogens with one attached hydrogen (secondary N) is 1. The lowest BCUT2D eigenvalue weighted by Gasteiger charge is -2.27. The van der Waals surface area contributed by atoms with Crippen LogP contribution in [-0.4, -0.2) is 74.3 Å².